The molecule has 8 nitrogen and oxygen atoms in total. The Kier molecular flexibility index (Phi) is 7.98. The van der Waals surface area contributed by atoms with Gasteiger partial charge in [0.15, 0.2) is 9.84 Å². The first kappa shape index (κ1) is 28.1. The van der Waals surface area contributed by atoms with Crippen LogP contribution in [0, 0.1) is 0 Å². The van der Waals surface area contributed by atoms with Crippen molar-refractivity contribution in [3.8, 4) is 11.8 Å². The van der Waals surface area contributed by atoms with E-state index < -0.39 is 33.5 Å². The zero-order chi connectivity index (χ0) is 28.4. The van der Waals surface area contributed by atoms with Crippen molar-refractivity contribution in [2.45, 2.75) is 37.5 Å². The van der Waals surface area contributed by atoms with Crippen molar-refractivity contribution in [1.29, 1.82) is 0 Å². The van der Waals surface area contributed by atoms with Gasteiger partial charge in [0.2, 0.25) is 0 Å². The third-order valence-corrected chi connectivity index (χ3v) is 8.00. The number of alkyl halides is 3. The maximum atomic E-state index is 13.0. The summed E-state index contributed by atoms with van der Waals surface area (Å²) >= 11 is 0. The lowest BCUT2D eigenvalue weighted by Crippen LogP contribution is -2.33. The number of hydrogen-bond donors (Lipinski definition) is 2. The van der Waals surface area contributed by atoms with Crippen LogP contribution in [0.3, 0.4) is 0 Å². The summed E-state index contributed by atoms with van der Waals surface area (Å²) in [6, 6.07) is 15.1. The Labute approximate surface area is 223 Å². The number of rotatable bonds is 9. The van der Waals surface area contributed by atoms with E-state index in [0.29, 0.717) is 28.7 Å². The lowest BCUT2D eigenvalue weighted by Gasteiger charge is -2.18. The second-order valence-corrected chi connectivity index (χ2v) is 11.0. The van der Waals surface area contributed by atoms with Crippen LogP contribution in [0.1, 0.15) is 41.4 Å². The van der Waals surface area contributed by atoms with Gasteiger partial charge in [-0.2, -0.15) is 18.2 Å². The van der Waals surface area contributed by atoms with Crippen LogP contribution >= 0.6 is 0 Å². The van der Waals surface area contributed by atoms with Crippen LogP contribution in [0.5, 0.6) is 11.8 Å². The number of nitrogens with two attached hydrogens (primary N) is 1. The van der Waals surface area contributed by atoms with Crippen molar-refractivity contribution in [3.05, 3.63) is 83.4 Å². The first-order chi connectivity index (χ1) is 18.5. The Morgan fingerprint density at radius 2 is 1.72 bits per heavy atom. The number of nitrogens with one attached hydrogen (secondary N) is 1. The molecule has 1 atom stereocenters. The van der Waals surface area contributed by atoms with Gasteiger partial charge in [0.05, 0.1) is 33.3 Å². The van der Waals surface area contributed by atoms with E-state index in [2.05, 4.69) is 10.3 Å². The summed E-state index contributed by atoms with van der Waals surface area (Å²) in [7, 11) is -3.35. The first-order valence-corrected chi connectivity index (χ1v) is 13.8. The molecule has 1 amide bonds. The number of sulfone groups is 1. The van der Waals surface area contributed by atoms with E-state index in [4.69, 9.17) is 10.5 Å². The van der Waals surface area contributed by atoms with Crippen molar-refractivity contribution in [2.24, 2.45) is 5.73 Å². The molecule has 206 valence electrons. The van der Waals surface area contributed by atoms with Crippen molar-refractivity contribution < 1.29 is 31.1 Å². The maximum Gasteiger partial charge on any atom is 0.416 e. The molecule has 4 rings (SSSR count). The normalized spacial score (nSPS) is 12.9. The Bertz CT molecular complexity index is 1580. The number of fused-ring (bicyclic) bond motifs is 1. The molecule has 0 spiro atoms. The molecule has 1 unspecified atom stereocenters. The van der Waals surface area contributed by atoms with Gasteiger partial charge < -0.3 is 15.8 Å². The highest BCUT2D eigenvalue weighted by Gasteiger charge is 2.30. The lowest BCUT2D eigenvalue weighted by atomic mass is 10.1. The van der Waals surface area contributed by atoms with E-state index in [9.17, 15) is 26.4 Å². The highest BCUT2D eigenvalue weighted by molar-refractivity contribution is 7.91. The molecule has 12 heteroatoms. The fourth-order valence-corrected chi connectivity index (χ4v) is 4.93. The average molecular weight is 561 g/mol. The highest BCUT2D eigenvalue weighted by Crippen LogP contribution is 2.32. The van der Waals surface area contributed by atoms with E-state index in [1.54, 1.807) is 41.8 Å². The van der Waals surface area contributed by atoms with Crippen molar-refractivity contribution >= 4 is 26.8 Å². The minimum atomic E-state index is -4.45. The fourth-order valence-electron chi connectivity index (χ4n) is 4.04. The van der Waals surface area contributed by atoms with Gasteiger partial charge in [-0.25, -0.2) is 8.42 Å². The molecule has 0 saturated carbocycles. The number of carbonyl (C=O) groups is 1. The molecule has 0 radical (unpaired) electrons. The number of benzene rings is 3. The maximum absolute atomic E-state index is 13.0. The van der Waals surface area contributed by atoms with Crippen LogP contribution in [0.15, 0.2) is 71.6 Å². The largest absolute Gasteiger partial charge is 0.425 e. The summed E-state index contributed by atoms with van der Waals surface area (Å²) in [6.45, 7) is 3.99. The molecule has 0 aliphatic rings. The van der Waals surface area contributed by atoms with Crippen molar-refractivity contribution in [2.75, 3.05) is 12.3 Å². The number of amides is 1. The molecule has 0 saturated heterocycles. The number of imidazole rings is 1. The van der Waals surface area contributed by atoms with Crippen LogP contribution in [0.2, 0.25) is 0 Å². The van der Waals surface area contributed by atoms with Crippen molar-refractivity contribution in [3.63, 3.8) is 0 Å². The van der Waals surface area contributed by atoms with Crippen molar-refractivity contribution in [1.82, 2.24) is 14.9 Å². The van der Waals surface area contributed by atoms with E-state index >= 15 is 0 Å². The molecule has 1 heterocycles. The molecule has 39 heavy (non-hydrogen) atoms. The number of hydrogen-bond acceptors (Lipinski definition) is 6. The minimum Gasteiger partial charge on any atom is -0.425 e. The van der Waals surface area contributed by atoms with Gasteiger partial charge in [-0.3, -0.25) is 9.36 Å². The van der Waals surface area contributed by atoms with Crippen LogP contribution < -0.4 is 15.8 Å². The topological polar surface area (TPSA) is 116 Å². The highest BCUT2D eigenvalue weighted by atomic mass is 32.2. The zero-order valence-corrected chi connectivity index (χ0v) is 22.0. The number of nitrogens with zero attached hydrogens (tertiary/aromatic N) is 2. The third kappa shape index (κ3) is 6.07. The summed E-state index contributed by atoms with van der Waals surface area (Å²) in [5.74, 6) is -0.236. The Hall–Kier alpha value is -3.90. The third-order valence-electron chi connectivity index (χ3n) is 6.25. The summed E-state index contributed by atoms with van der Waals surface area (Å²) in [6.07, 6.45) is -4.45. The first-order valence-electron chi connectivity index (χ1n) is 12.2. The number of aryl methyl sites for hydroxylation is 1. The number of aromatic nitrogens is 2. The summed E-state index contributed by atoms with van der Waals surface area (Å²) in [4.78, 5) is 17.7. The van der Waals surface area contributed by atoms with E-state index in [1.165, 1.54) is 24.3 Å². The van der Waals surface area contributed by atoms with Crippen LogP contribution in [0.4, 0.5) is 13.2 Å². The number of carbonyl (C=O) groups excluding carboxylic acids is 1. The Balaban J connectivity index is 1.54. The predicted octanol–water partition coefficient (Wildman–Crippen LogP) is 5.09. The molecular weight excluding hydrogens is 533 g/mol. The standard InChI is InChI=1S/C27H27F3N4O4S/c1-3-34-24-14-7-18(15-22(24)33-26(34)38-20-10-8-19(9-11-20)27(28,29)30)25(35)32-23(16-31)17-5-12-21(13-6-17)39(36,37)4-2/h5-15,23H,3-4,16,31H2,1-2H3,(H,32,35). The van der Waals surface area contributed by atoms with Crippen LogP contribution in [-0.4, -0.2) is 36.2 Å². The van der Waals surface area contributed by atoms with E-state index in [1.807, 2.05) is 6.92 Å². The molecule has 4 aromatic rings. The molecule has 0 fully saturated rings. The second kappa shape index (κ2) is 11.1. The molecule has 0 aliphatic carbocycles. The summed E-state index contributed by atoms with van der Waals surface area (Å²) in [5, 5.41) is 2.86. The van der Waals surface area contributed by atoms with Gasteiger partial charge in [0.25, 0.3) is 5.91 Å². The van der Waals surface area contributed by atoms with Gasteiger partial charge >= 0.3 is 12.2 Å². The summed E-state index contributed by atoms with van der Waals surface area (Å²) in [5.41, 5.74) is 7.22. The van der Waals surface area contributed by atoms with E-state index in [0.717, 1.165) is 12.1 Å². The fraction of sp³-hybridized carbons (Fsp3) is 0.259. The molecule has 3 N–H and O–H groups in total. The van der Waals surface area contributed by atoms with Crippen LogP contribution in [-0.2, 0) is 22.6 Å². The molecule has 3 aromatic carbocycles. The predicted molar refractivity (Wildman–Crippen MR) is 140 cm³/mol. The average Bonchev–Trinajstić information content (AvgIpc) is 3.27. The van der Waals surface area contributed by atoms with Gasteiger partial charge in [-0.1, -0.05) is 19.1 Å². The molecule has 1 aromatic heterocycles. The monoisotopic (exact) mass is 560 g/mol. The van der Waals surface area contributed by atoms with Gasteiger partial charge in [-0.05, 0) is 67.1 Å². The molecule has 0 aliphatic heterocycles. The summed E-state index contributed by atoms with van der Waals surface area (Å²) < 4.78 is 70.2. The smallest absolute Gasteiger partial charge is 0.416 e. The Morgan fingerprint density at radius 3 is 2.28 bits per heavy atom. The molecule has 0 bridgehead atoms. The van der Waals surface area contributed by atoms with Gasteiger partial charge in [0, 0.05) is 18.7 Å². The SMILES string of the molecule is CCn1c(Oc2ccc(C(F)(F)F)cc2)nc2cc(C(=O)NC(CN)c3ccc(S(=O)(=O)CC)cc3)ccc21. The number of ether oxygens (including phenoxy) is 1. The van der Waals surface area contributed by atoms with Gasteiger partial charge in [-0.15, -0.1) is 0 Å². The molecular formula is C27H27F3N4O4S. The van der Waals surface area contributed by atoms with E-state index in [-0.39, 0.29) is 29.0 Å². The lowest BCUT2D eigenvalue weighted by molar-refractivity contribution is -0.137. The number of halogens is 3. The minimum absolute atomic E-state index is 0.0171. The van der Waals surface area contributed by atoms with Gasteiger partial charge in [0.1, 0.15) is 5.75 Å². The second-order valence-electron chi connectivity index (χ2n) is 8.70. The zero-order valence-electron chi connectivity index (χ0n) is 21.2. The van der Waals surface area contributed by atoms with Crippen LogP contribution in [0.25, 0.3) is 11.0 Å². The quantitative estimate of drug-likeness (QED) is 0.295. The Morgan fingerprint density at radius 1 is 1.05 bits per heavy atom.